The van der Waals surface area contributed by atoms with E-state index < -0.39 is 0 Å². The standard InChI is InChI=1S/C11H19N3O2S/c1-3-8(12-4-2)10-13-14-11(17-10)9-7-15-5-6-16-9/h8-9,12H,3-7H2,1-2H3. The van der Waals surface area contributed by atoms with Crippen LogP contribution in [0, 0.1) is 0 Å². The molecular weight excluding hydrogens is 238 g/mol. The van der Waals surface area contributed by atoms with Crippen molar-refractivity contribution < 1.29 is 9.47 Å². The van der Waals surface area contributed by atoms with Crippen LogP contribution in [-0.4, -0.2) is 36.6 Å². The molecule has 2 rings (SSSR count). The summed E-state index contributed by atoms with van der Waals surface area (Å²) >= 11 is 1.62. The third kappa shape index (κ3) is 3.22. The molecule has 96 valence electrons. The second kappa shape index (κ2) is 6.39. The van der Waals surface area contributed by atoms with E-state index in [1.54, 1.807) is 11.3 Å². The first-order chi connectivity index (χ1) is 8.35. The molecule has 1 aromatic heterocycles. The van der Waals surface area contributed by atoms with Gasteiger partial charge in [-0.3, -0.25) is 0 Å². The van der Waals surface area contributed by atoms with Crippen molar-refractivity contribution in [3.63, 3.8) is 0 Å². The number of hydrogen-bond donors (Lipinski definition) is 1. The largest absolute Gasteiger partial charge is 0.376 e. The Bertz CT molecular complexity index is 320. The van der Waals surface area contributed by atoms with Crippen LogP contribution in [0.3, 0.4) is 0 Å². The number of ether oxygens (including phenoxy) is 2. The van der Waals surface area contributed by atoms with Crippen molar-refractivity contribution in [3.05, 3.63) is 10.0 Å². The van der Waals surface area contributed by atoms with Crippen LogP contribution in [0.15, 0.2) is 0 Å². The van der Waals surface area contributed by atoms with Gasteiger partial charge in [0, 0.05) is 0 Å². The van der Waals surface area contributed by atoms with E-state index in [0.29, 0.717) is 25.9 Å². The number of hydrogen-bond acceptors (Lipinski definition) is 6. The Morgan fingerprint density at radius 2 is 2.29 bits per heavy atom. The Kier molecular flexibility index (Phi) is 4.85. The van der Waals surface area contributed by atoms with Crippen molar-refractivity contribution in [1.29, 1.82) is 0 Å². The second-order valence-corrected chi connectivity index (χ2v) is 4.97. The van der Waals surface area contributed by atoms with E-state index in [0.717, 1.165) is 23.0 Å². The van der Waals surface area contributed by atoms with Gasteiger partial charge >= 0.3 is 0 Å². The van der Waals surface area contributed by atoms with Gasteiger partial charge in [-0.1, -0.05) is 25.2 Å². The van der Waals surface area contributed by atoms with Crippen molar-refractivity contribution in [2.24, 2.45) is 0 Å². The summed E-state index contributed by atoms with van der Waals surface area (Å²) in [6, 6.07) is 0.302. The van der Waals surface area contributed by atoms with Gasteiger partial charge in [0.25, 0.3) is 0 Å². The Labute approximate surface area is 106 Å². The molecule has 1 aliphatic rings. The zero-order chi connectivity index (χ0) is 12.1. The number of rotatable bonds is 5. The van der Waals surface area contributed by atoms with Gasteiger partial charge in [-0.05, 0) is 13.0 Å². The fourth-order valence-corrected chi connectivity index (χ4v) is 2.84. The van der Waals surface area contributed by atoms with E-state index in [4.69, 9.17) is 9.47 Å². The average Bonchev–Trinajstić information content (AvgIpc) is 2.86. The molecule has 1 N–H and O–H groups in total. The normalized spacial score (nSPS) is 22.6. The van der Waals surface area contributed by atoms with E-state index in [2.05, 4.69) is 29.4 Å². The number of nitrogens with one attached hydrogen (secondary N) is 1. The fourth-order valence-electron chi connectivity index (χ4n) is 1.80. The summed E-state index contributed by atoms with van der Waals surface area (Å²) in [5.41, 5.74) is 0. The zero-order valence-corrected chi connectivity index (χ0v) is 11.1. The first-order valence-electron chi connectivity index (χ1n) is 6.11. The Morgan fingerprint density at radius 3 is 2.94 bits per heavy atom. The molecule has 0 aliphatic carbocycles. The summed E-state index contributed by atoms with van der Waals surface area (Å²) in [5.74, 6) is 0. The van der Waals surface area contributed by atoms with Crippen LogP contribution in [0.25, 0.3) is 0 Å². The molecule has 5 nitrogen and oxygen atoms in total. The zero-order valence-electron chi connectivity index (χ0n) is 10.3. The SMILES string of the molecule is CCNC(CC)c1nnc(C2COCCO2)s1. The second-order valence-electron chi connectivity index (χ2n) is 3.93. The van der Waals surface area contributed by atoms with Crippen LogP contribution < -0.4 is 5.32 Å². The van der Waals surface area contributed by atoms with Crippen LogP contribution in [0.1, 0.15) is 42.4 Å². The molecule has 1 fully saturated rings. The van der Waals surface area contributed by atoms with E-state index >= 15 is 0 Å². The Balaban J connectivity index is 2.03. The minimum absolute atomic E-state index is 0.0332. The molecule has 17 heavy (non-hydrogen) atoms. The third-order valence-electron chi connectivity index (χ3n) is 2.70. The Hall–Kier alpha value is -0.560. The molecule has 0 aromatic carbocycles. The average molecular weight is 257 g/mol. The molecule has 2 atom stereocenters. The lowest BCUT2D eigenvalue weighted by atomic mass is 10.2. The minimum atomic E-state index is -0.0332. The third-order valence-corrected chi connectivity index (χ3v) is 3.83. The molecule has 1 aromatic rings. The molecule has 1 saturated heterocycles. The predicted octanol–water partition coefficient (Wildman–Crippen LogP) is 1.69. The monoisotopic (exact) mass is 257 g/mol. The molecule has 0 spiro atoms. The van der Waals surface area contributed by atoms with Gasteiger partial charge in [-0.2, -0.15) is 0 Å². The summed E-state index contributed by atoms with van der Waals surface area (Å²) in [4.78, 5) is 0. The topological polar surface area (TPSA) is 56.3 Å². The van der Waals surface area contributed by atoms with Crippen molar-refractivity contribution in [2.45, 2.75) is 32.4 Å². The van der Waals surface area contributed by atoms with Crippen LogP contribution in [0.5, 0.6) is 0 Å². The molecule has 0 radical (unpaired) electrons. The minimum Gasteiger partial charge on any atom is -0.376 e. The first-order valence-corrected chi connectivity index (χ1v) is 6.92. The van der Waals surface area contributed by atoms with Gasteiger partial charge in [0.15, 0.2) is 0 Å². The van der Waals surface area contributed by atoms with Gasteiger partial charge in [0.2, 0.25) is 0 Å². The van der Waals surface area contributed by atoms with Crippen LogP contribution >= 0.6 is 11.3 Å². The van der Waals surface area contributed by atoms with Crippen molar-refractivity contribution in [3.8, 4) is 0 Å². The lowest BCUT2D eigenvalue weighted by Crippen LogP contribution is -2.21. The number of aromatic nitrogens is 2. The van der Waals surface area contributed by atoms with Crippen molar-refractivity contribution >= 4 is 11.3 Å². The molecule has 6 heteroatoms. The Morgan fingerprint density at radius 1 is 1.41 bits per heavy atom. The van der Waals surface area contributed by atoms with Gasteiger partial charge in [0.05, 0.1) is 25.9 Å². The van der Waals surface area contributed by atoms with E-state index in [-0.39, 0.29) is 6.10 Å². The molecule has 0 bridgehead atoms. The highest BCUT2D eigenvalue weighted by atomic mass is 32.1. The highest BCUT2D eigenvalue weighted by Crippen LogP contribution is 2.27. The highest BCUT2D eigenvalue weighted by molar-refractivity contribution is 7.11. The van der Waals surface area contributed by atoms with E-state index in [9.17, 15) is 0 Å². The van der Waals surface area contributed by atoms with Gasteiger partial charge in [-0.15, -0.1) is 10.2 Å². The van der Waals surface area contributed by atoms with Crippen LogP contribution in [-0.2, 0) is 9.47 Å². The maximum atomic E-state index is 5.61. The molecule has 2 unspecified atom stereocenters. The summed E-state index contributed by atoms with van der Waals surface area (Å²) in [6.45, 7) is 7.10. The summed E-state index contributed by atoms with van der Waals surface area (Å²) in [6.07, 6.45) is 0.985. The molecule has 1 aliphatic heterocycles. The van der Waals surface area contributed by atoms with Gasteiger partial charge in [0.1, 0.15) is 16.1 Å². The highest BCUT2D eigenvalue weighted by Gasteiger charge is 2.22. The molecule has 0 amide bonds. The summed E-state index contributed by atoms with van der Waals surface area (Å²) < 4.78 is 11.0. The number of nitrogens with zero attached hydrogens (tertiary/aromatic N) is 2. The van der Waals surface area contributed by atoms with Crippen molar-refractivity contribution in [1.82, 2.24) is 15.5 Å². The maximum Gasteiger partial charge on any atom is 0.148 e. The maximum absolute atomic E-state index is 5.61. The molecule has 0 saturated carbocycles. The van der Waals surface area contributed by atoms with Crippen LogP contribution in [0.4, 0.5) is 0 Å². The van der Waals surface area contributed by atoms with E-state index in [1.807, 2.05) is 0 Å². The lowest BCUT2D eigenvalue weighted by Gasteiger charge is -2.20. The molecular formula is C11H19N3O2S. The van der Waals surface area contributed by atoms with Gasteiger partial charge < -0.3 is 14.8 Å². The lowest BCUT2D eigenvalue weighted by molar-refractivity contribution is -0.0903. The predicted molar refractivity (Wildman–Crippen MR) is 66.1 cm³/mol. The van der Waals surface area contributed by atoms with Crippen molar-refractivity contribution in [2.75, 3.05) is 26.4 Å². The first kappa shape index (κ1) is 12.9. The fraction of sp³-hybridized carbons (Fsp3) is 0.818. The molecule has 2 heterocycles. The van der Waals surface area contributed by atoms with Gasteiger partial charge in [-0.25, -0.2) is 0 Å². The summed E-state index contributed by atoms with van der Waals surface area (Å²) in [5, 5.41) is 13.8. The summed E-state index contributed by atoms with van der Waals surface area (Å²) in [7, 11) is 0. The smallest absolute Gasteiger partial charge is 0.148 e. The van der Waals surface area contributed by atoms with E-state index in [1.165, 1.54) is 0 Å². The van der Waals surface area contributed by atoms with Crippen LogP contribution in [0.2, 0.25) is 0 Å². The quantitative estimate of drug-likeness (QED) is 0.870.